The molecule has 9 heteroatoms. The Kier molecular flexibility index (Phi) is 5.96. The largest absolute Gasteiger partial charge is 0.324 e. The lowest BCUT2D eigenvalue weighted by atomic mass is 10.2. The van der Waals surface area contributed by atoms with E-state index in [-0.39, 0.29) is 10.6 Å². The Hall–Kier alpha value is -2.91. The highest BCUT2D eigenvalue weighted by Gasteiger charge is 2.23. The maximum atomic E-state index is 12.2. The van der Waals surface area contributed by atoms with Crippen LogP contribution in [0.2, 0.25) is 0 Å². The predicted molar refractivity (Wildman–Crippen MR) is 95.1 cm³/mol. The lowest BCUT2D eigenvalue weighted by molar-refractivity contribution is -0.126. The van der Waals surface area contributed by atoms with Gasteiger partial charge in [-0.1, -0.05) is 18.2 Å². The van der Waals surface area contributed by atoms with Crippen molar-refractivity contribution in [2.75, 3.05) is 5.32 Å². The van der Waals surface area contributed by atoms with Crippen LogP contribution in [0.15, 0.2) is 63.7 Å². The molecule has 0 bridgehead atoms. The van der Waals surface area contributed by atoms with Gasteiger partial charge in [0.1, 0.15) is 0 Å². The van der Waals surface area contributed by atoms with Crippen molar-refractivity contribution < 1.29 is 22.6 Å². The van der Waals surface area contributed by atoms with Gasteiger partial charge < -0.3 is 5.32 Å². The summed E-state index contributed by atoms with van der Waals surface area (Å²) in [4.78, 5) is 23.7. The molecule has 0 fully saturated rings. The molecule has 0 saturated heterocycles. The number of para-hydroxylation sites is 1. The summed E-state index contributed by atoms with van der Waals surface area (Å²) < 4.78 is 31.3. The summed E-state index contributed by atoms with van der Waals surface area (Å²) in [5.74, 6) is -1.12. The number of ketones is 1. The Morgan fingerprint density at radius 1 is 1.12 bits per heavy atom. The Balaban J connectivity index is 2.22. The van der Waals surface area contributed by atoms with E-state index in [4.69, 9.17) is 4.55 Å². The molecule has 0 heterocycles. The molecule has 1 unspecified atom stereocenters. The standard InChI is InChI=1S/C17H17N3O5S/c1-11-10-14(26(23,24)25)8-9-15(11)19-20-16(12(2)21)17(22)18-13-6-4-3-5-7-13/h3-10,16H,1-2H3,(H,18,22)(H,23,24,25). The van der Waals surface area contributed by atoms with Gasteiger partial charge in [-0.25, -0.2) is 0 Å². The van der Waals surface area contributed by atoms with Crippen LogP contribution in [0, 0.1) is 6.92 Å². The topological polar surface area (TPSA) is 125 Å². The Morgan fingerprint density at radius 3 is 2.31 bits per heavy atom. The summed E-state index contributed by atoms with van der Waals surface area (Å²) in [6, 6.07) is 11.0. The summed E-state index contributed by atoms with van der Waals surface area (Å²) in [5.41, 5.74) is 1.21. The lowest BCUT2D eigenvalue weighted by Gasteiger charge is -2.09. The van der Waals surface area contributed by atoms with Gasteiger partial charge in [0, 0.05) is 5.69 Å². The third kappa shape index (κ3) is 5.04. The van der Waals surface area contributed by atoms with Gasteiger partial charge in [0.2, 0.25) is 6.04 Å². The van der Waals surface area contributed by atoms with Crippen molar-refractivity contribution in [2.24, 2.45) is 10.2 Å². The van der Waals surface area contributed by atoms with E-state index >= 15 is 0 Å². The van der Waals surface area contributed by atoms with Gasteiger partial charge in [-0.3, -0.25) is 14.1 Å². The number of nitrogens with one attached hydrogen (secondary N) is 1. The SMILES string of the molecule is CC(=O)C(N=Nc1ccc(S(=O)(=O)O)cc1C)C(=O)Nc1ccccc1. The molecule has 2 rings (SSSR count). The molecule has 2 N–H and O–H groups in total. The van der Waals surface area contributed by atoms with Crippen LogP contribution in [-0.2, 0) is 19.7 Å². The zero-order valence-corrected chi connectivity index (χ0v) is 14.9. The number of aryl methyl sites for hydroxylation is 1. The molecular formula is C17H17N3O5S. The highest BCUT2D eigenvalue weighted by molar-refractivity contribution is 7.85. The van der Waals surface area contributed by atoms with Crippen molar-refractivity contribution in [3.63, 3.8) is 0 Å². The van der Waals surface area contributed by atoms with Gasteiger partial charge in [0.25, 0.3) is 16.0 Å². The molecule has 0 aromatic heterocycles. The molecular weight excluding hydrogens is 358 g/mol. The number of benzene rings is 2. The van der Waals surface area contributed by atoms with Gasteiger partial charge in [-0.2, -0.15) is 18.6 Å². The fourth-order valence-corrected chi connectivity index (χ4v) is 2.64. The van der Waals surface area contributed by atoms with Crippen molar-refractivity contribution in [3.8, 4) is 0 Å². The first-order valence-electron chi connectivity index (χ1n) is 7.54. The lowest BCUT2D eigenvalue weighted by Crippen LogP contribution is -2.31. The summed E-state index contributed by atoms with van der Waals surface area (Å²) in [6.07, 6.45) is 0. The first-order valence-corrected chi connectivity index (χ1v) is 8.98. The second-order valence-corrected chi connectivity index (χ2v) is 6.93. The molecule has 1 atom stereocenters. The van der Waals surface area contributed by atoms with Crippen molar-refractivity contribution in [1.82, 2.24) is 0 Å². The molecule has 0 radical (unpaired) electrons. The predicted octanol–water partition coefficient (Wildman–Crippen LogP) is 2.92. The van der Waals surface area contributed by atoms with Gasteiger partial charge >= 0.3 is 0 Å². The zero-order valence-electron chi connectivity index (χ0n) is 14.1. The van der Waals surface area contributed by atoms with Crippen molar-refractivity contribution >= 4 is 33.2 Å². The first kappa shape index (κ1) is 19.4. The highest BCUT2D eigenvalue weighted by atomic mass is 32.2. The molecule has 26 heavy (non-hydrogen) atoms. The minimum absolute atomic E-state index is 0.274. The number of rotatable bonds is 6. The van der Waals surface area contributed by atoms with E-state index < -0.39 is 27.9 Å². The maximum Gasteiger partial charge on any atom is 0.294 e. The number of carbonyl (C=O) groups is 2. The van der Waals surface area contributed by atoms with Crippen molar-refractivity contribution in [1.29, 1.82) is 0 Å². The molecule has 136 valence electrons. The molecule has 2 aromatic rings. The van der Waals surface area contributed by atoms with Crippen LogP contribution in [0.1, 0.15) is 12.5 Å². The van der Waals surface area contributed by atoms with E-state index in [1.807, 2.05) is 0 Å². The summed E-state index contributed by atoms with van der Waals surface area (Å²) >= 11 is 0. The minimum Gasteiger partial charge on any atom is -0.324 e. The molecule has 0 spiro atoms. The van der Waals surface area contributed by atoms with Gasteiger partial charge in [-0.15, -0.1) is 0 Å². The quantitative estimate of drug-likeness (QED) is 0.456. The number of hydrogen-bond donors (Lipinski definition) is 2. The number of nitrogens with zero attached hydrogens (tertiary/aromatic N) is 2. The van der Waals surface area contributed by atoms with Crippen LogP contribution in [0.4, 0.5) is 11.4 Å². The first-order chi connectivity index (χ1) is 12.2. The van der Waals surface area contributed by atoms with Gasteiger partial charge in [-0.05, 0) is 49.7 Å². The average Bonchev–Trinajstić information content (AvgIpc) is 2.56. The minimum atomic E-state index is -4.33. The maximum absolute atomic E-state index is 12.2. The van der Waals surface area contributed by atoms with Crippen LogP contribution >= 0.6 is 0 Å². The number of carbonyl (C=O) groups excluding carboxylic acids is 2. The van der Waals surface area contributed by atoms with E-state index in [2.05, 4.69) is 15.5 Å². The molecule has 0 aliphatic rings. The number of hydrogen-bond acceptors (Lipinski definition) is 6. The van der Waals surface area contributed by atoms with Gasteiger partial charge in [0.05, 0.1) is 10.6 Å². The zero-order chi connectivity index (χ0) is 19.3. The second-order valence-electron chi connectivity index (χ2n) is 5.51. The third-order valence-corrected chi connectivity index (χ3v) is 4.27. The van der Waals surface area contributed by atoms with E-state index in [1.54, 1.807) is 37.3 Å². The van der Waals surface area contributed by atoms with E-state index in [9.17, 15) is 18.0 Å². The molecule has 0 saturated carbocycles. The fourth-order valence-electron chi connectivity index (χ4n) is 2.07. The van der Waals surface area contributed by atoms with E-state index in [0.717, 1.165) is 6.07 Å². The van der Waals surface area contributed by atoms with Crippen LogP contribution in [0.3, 0.4) is 0 Å². The summed E-state index contributed by atoms with van der Waals surface area (Å²) in [5, 5.41) is 10.3. The van der Waals surface area contributed by atoms with Crippen LogP contribution < -0.4 is 5.32 Å². The van der Waals surface area contributed by atoms with Crippen LogP contribution in [0.25, 0.3) is 0 Å². The number of Topliss-reactive ketones (excluding diaryl/α,β-unsaturated/α-hetero) is 1. The smallest absolute Gasteiger partial charge is 0.294 e. The fraction of sp³-hybridized carbons (Fsp3) is 0.176. The highest BCUT2D eigenvalue weighted by Crippen LogP contribution is 2.23. The van der Waals surface area contributed by atoms with Crippen LogP contribution in [0.5, 0.6) is 0 Å². The average molecular weight is 375 g/mol. The molecule has 2 aromatic carbocycles. The second kappa shape index (κ2) is 7.98. The number of amides is 1. The molecule has 0 aliphatic heterocycles. The van der Waals surface area contributed by atoms with E-state index in [0.29, 0.717) is 11.3 Å². The molecule has 1 amide bonds. The Morgan fingerprint density at radius 2 is 1.77 bits per heavy atom. The molecule has 0 aliphatic carbocycles. The Bertz CT molecular complexity index is 956. The monoisotopic (exact) mass is 375 g/mol. The number of anilines is 1. The number of azo groups is 1. The normalized spacial score (nSPS) is 12.7. The third-order valence-electron chi connectivity index (χ3n) is 3.42. The van der Waals surface area contributed by atoms with E-state index in [1.165, 1.54) is 19.1 Å². The van der Waals surface area contributed by atoms with Crippen LogP contribution in [-0.4, -0.2) is 30.7 Å². The van der Waals surface area contributed by atoms with Crippen molar-refractivity contribution in [3.05, 3.63) is 54.1 Å². The summed E-state index contributed by atoms with van der Waals surface area (Å²) in [7, 11) is -4.33. The Labute approximate surface area is 150 Å². The van der Waals surface area contributed by atoms with Crippen molar-refractivity contribution in [2.45, 2.75) is 24.8 Å². The molecule has 8 nitrogen and oxygen atoms in total. The summed E-state index contributed by atoms with van der Waals surface area (Å²) in [6.45, 7) is 2.79. The van der Waals surface area contributed by atoms with Gasteiger partial charge in [0.15, 0.2) is 5.78 Å².